The molecular weight excluding hydrogens is 430 g/mol. The lowest BCUT2D eigenvalue weighted by Gasteiger charge is -2.44. The third-order valence-corrected chi connectivity index (χ3v) is 6.47. The molecule has 1 aliphatic heterocycles. The van der Waals surface area contributed by atoms with Gasteiger partial charge in [0, 0.05) is 11.6 Å². The maximum Gasteiger partial charge on any atom is 0.331 e. The van der Waals surface area contributed by atoms with E-state index in [9.17, 15) is 28.3 Å². The van der Waals surface area contributed by atoms with Crippen LogP contribution in [0.4, 0.5) is 8.78 Å². The van der Waals surface area contributed by atoms with E-state index in [0.29, 0.717) is 18.9 Å². The topological polar surface area (TPSA) is 86.7 Å². The number of hydrogen-bond acceptors (Lipinski definition) is 3. The summed E-state index contributed by atoms with van der Waals surface area (Å²) < 4.78 is 28.2. The molecule has 2 aliphatic rings. The molecule has 2 N–H and O–H groups in total. The highest BCUT2D eigenvalue weighted by molar-refractivity contribution is 5.99. The van der Waals surface area contributed by atoms with Crippen molar-refractivity contribution in [1.29, 1.82) is 0 Å². The predicted molar refractivity (Wildman–Crippen MR) is 116 cm³/mol. The zero-order valence-electron chi connectivity index (χ0n) is 18.4. The molecule has 0 spiro atoms. The molecule has 3 atom stereocenters. The fourth-order valence-electron chi connectivity index (χ4n) is 5.00. The highest BCUT2D eigenvalue weighted by Gasteiger charge is 2.50. The average molecular weight is 456 g/mol. The molecule has 174 valence electrons. The second-order valence-electron chi connectivity index (χ2n) is 9.22. The van der Waals surface area contributed by atoms with Gasteiger partial charge in [-0.3, -0.25) is 9.59 Å². The van der Waals surface area contributed by atoms with Crippen LogP contribution in [-0.2, 0) is 27.2 Å². The fraction of sp³-hybridized carbons (Fsp3) is 0.400. The molecule has 33 heavy (non-hydrogen) atoms. The first kappa shape index (κ1) is 22.9. The molecule has 0 aromatic heterocycles. The summed E-state index contributed by atoms with van der Waals surface area (Å²) in [6.07, 6.45) is 1.35. The summed E-state index contributed by atoms with van der Waals surface area (Å²) in [6.45, 7) is 3.70. The highest BCUT2D eigenvalue weighted by atomic mass is 19.1. The number of aliphatic carboxylic acids is 1. The number of benzene rings is 2. The number of carbonyl (C=O) groups is 3. The minimum absolute atomic E-state index is 0.0316. The molecule has 6 nitrogen and oxygen atoms in total. The van der Waals surface area contributed by atoms with E-state index in [0.717, 1.165) is 28.2 Å². The molecular formula is C25H26F2N2O4. The third kappa shape index (κ3) is 4.34. The summed E-state index contributed by atoms with van der Waals surface area (Å²) in [5.74, 6) is -4.71. The summed E-state index contributed by atoms with van der Waals surface area (Å²) in [5, 5.41) is 12.9. The normalized spacial score (nSPS) is 21.8. The Labute approximate surface area is 190 Å². The molecule has 1 aliphatic carbocycles. The monoisotopic (exact) mass is 456 g/mol. The smallest absolute Gasteiger partial charge is 0.331 e. The van der Waals surface area contributed by atoms with Crippen LogP contribution in [0.1, 0.15) is 43.0 Å². The number of piperazine rings is 1. The van der Waals surface area contributed by atoms with Gasteiger partial charge in [0.25, 0.3) is 0 Å². The summed E-state index contributed by atoms with van der Waals surface area (Å²) in [7, 11) is 0. The van der Waals surface area contributed by atoms with Gasteiger partial charge in [-0.25, -0.2) is 13.6 Å². The second kappa shape index (κ2) is 8.92. The van der Waals surface area contributed by atoms with Gasteiger partial charge in [-0.1, -0.05) is 44.2 Å². The quantitative estimate of drug-likeness (QED) is 0.699. The van der Waals surface area contributed by atoms with Crippen LogP contribution in [-0.4, -0.2) is 39.9 Å². The van der Waals surface area contributed by atoms with E-state index in [1.54, 1.807) is 0 Å². The van der Waals surface area contributed by atoms with E-state index in [-0.39, 0.29) is 23.8 Å². The SMILES string of the molecule is CC(C)C[C@@H]1C(=O)N[C@H](C2Cc3ccccc3C2)C(=O)N1[C@H](C(=O)O)c1ccc(F)cc1F. The molecule has 2 aromatic rings. The summed E-state index contributed by atoms with van der Waals surface area (Å²) in [4.78, 5) is 40.3. The number of carbonyl (C=O) groups excluding carboxylic acids is 2. The van der Waals surface area contributed by atoms with Gasteiger partial charge in [0.1, 0.15) is 23.7 Å². The van der Waals surface area contributed by atoms with E-state index < -0.39 is 47.5 Å². The van der Waals surface area contributed by atoms with E-state index in [2.05, 4.69) is 5.32 Å². The van der Waals surface area contributed by atoms with Crippen LogP contribution in [0.25, 0.3) is 0 Å². The summed E-state index contributed by atoms with van der Waals surface area (Å²) in [6, 6.07) is 6.55. The largest absolute Gasteiger partial charge is 0.479 e. The van der Waals surface area contributed by atoms with Crippen molar-refractivity contribution in [3.63, 3.8) is 0 Å². The van der Waals surface area contributed by atoms with Crippen LogP contribution < -0.4 is 5.32 Å². The number of fused-ring (bicyclic) bond motifs is 1. The van der Waals surface area contributed by atoms with Gasteiger partial charge in [0.15, 0.2) is 6.04 Å². The Hall–Kier alpha value is -3.29. The van der Waals surface area contributed by atoms with E-state index in [1.807, 2.05) is 38.1 Å². The molecule has 0 radical (unpaired) electrons. The van der Waals surface area contributed by atoms with Crippen molar-refractivity contribution in [2.24, 2.45) is 11.8 Å². The average Bonchev–Trinajstić information content (AvgIpc) is 3.17. The maximum atomic E-state index is 14.7. The molecule has 0 saturated carbocycles. The number of nitrogens with one attached hydrogen (secondary N) is 1. The van der Waals surface area contributed by atoms with Crippen molar-refractivity contribution in [3.8, 4) is 0 Å². The molecule has 0 bridgehead atoms. The third-order valence-electron chi connectivity index (χ3n) is 6.47. The number of carboxylic acid groups (broad SMARTS) is 1. The molecule has 2 aromatic carbocycles. The minimum atomic E-state index is -1.75. The van der Waals surface area contributed by atoms with Crippen molar-refractivity contribution in [2.75, 3.05) is 0 Å². The van der Waals surface area contributed by atoms with Gasteiger partial charge in [-0.2, -0.15) is 0 Å². The number of halogens is 2. The summed E-state index contributed by atoms with van der Waals surface area (Å²) in [5.41, 5.74) is 1.81. The van der Waals surface area contributed by atoms with Gasteiger partial charge >= 0.3 is 5.97 Å². The minimum Gasteiger partial charge on any atom is -0.479 e. The second-order valence-corrected chi connectivity index (χ2v) is 9.22. The zero-order chi connectivity index (χ0) is 23.9. The number of hydrogen-bond donors (Lipinski definition) is 2. The number of nitrogens with zero attached hydrogens (tertiary/aromatic N) is 1. The Kier molecular flexibility index (Phi) is 6.19. The van der Waals surface area contributed by atoms with Crippen molar-refractivity contribution in [1.82, 2.24) is 10.2 Å². The van der Waals surface area contributed by atoms with Crippen molar-refractivity contribution in [3.05, 3.63) is 70.8 Å². The summed E-state index contributed by atoms with van der Waals surface area (Å²) >= 11 is 0. The van der Waals surface area contributed by atoms with Crippen LogP contribution in [0, 0.1) is 23.5 Å². The van der Waals surface area contributed by atoms with Gasteiger partial charge in [-0.05, 0) is 48.3 Å². The van der Waals surface area contributed by atoms with Crippen LogP contribution in [0.3, 0.4) is 0 Å². The molecule has 1 fully saturated rings. The molecule has 2 amide bonds. The number of amides is 2. The first-order valence-corrected chi connectivity index (χ1v) is 11.0. The lowest BCUT2D eigenvalue weighted by molar-refractivity contribution is -0.162. The Morgan fingerprint density at radius 1 is 1.12 bits per heavy atom. The van der Waals surface area contributed by atoms with Crippen LogP contribution in [0.15, 0.2) is 42.5 Å². The molecule has 1 saturated heterocycles. The van der Waals surface area contributed by atoms with Gasteiger partial charge < -0.3 is 15.3 Å². The highest BCUT2D eigenvalue weighted by Crippen LogP contribution is 2.36. The van der Waals surface area contributed by atoms with Gasteiger partial charge in [-0.15, -0.1) is 0 Å². The standard InChI is InChI=1S/C25H26F2N2O4/c1-13(2)9-20-23(30)28-21(16-10-14-5-3-4-6-15(14)11-16)24(31)29(20)22(25(32)33)18-8-7-17(26)12-19(18)27/h3-8,12-13,16,20-22H,9-11H2,1-2H3,(H,28,30)(H,32,33)/t20-,21-,22+/m1/s1. The van der Waals surface area contributed by atoms with Crippen LogP contribution in [0.2, 0.25) is 0 Å². The first-order valence-electron chi connectivity index (χ1n) is 11.0. The van der Waals surface area contributed by atoms with E-state index >= 15 is 0 Å². The Morgan fingerprint density at radius 3 is 2.30 bits per heavy atom. The van der Waals surface area contributed by atoms with E-state index in [4.69, 9.17) is 0 Å². The van der Waals surface area contributed by atoms with Crippen LogP contribution >= 0.6 is 0 Å². The van der Waals surface area contributed by atoms with Gasteiger partial charge in [0.2, 0.25) is 11.8 Å². The van der Waals surface area contributed by atoms with Gasteiger partial charge in [0.05, 0.1) is 0 Å². The van der Waals surface area contributed by atoms with Crippen molar-refractivity contribution in [2.45, 2.75) is 51.2 Å². The van der Waals surface area contributed by atoms with Crippen LogP contribution in [0.5, 0.6) is 0 Å². The first-order chi connectivity index (χ1) is 15.7. The lowest BCUT2D eigenvalue weighted by atomic mass is 9.88. The molecule has 0 unspecified atom stereocenters. The molecule has 4 rings (SSSR count). The Morgan fingerprint density at radius 2 is 1.76 bits per heavy atom. The Balaban J connectivity index is 1.74. The molecule has 1 heterocycles. The fourth-order valence-corrected chi connectivity index (χ4v) is 5.00. The van der Waals surface area contributed by atoms with E-state index in [1.165, 1.54) is 0 Å². The number of carboxylic acids is 1. The maximum absolute atomic E-state index is 14.7. The van der Waals surface area contributed by atoms with Crippen molar-refractivity contribution < 1.29 is 28.3 Å². The zero-order valence-corrected chi connectivity index (χ0v) is 18.4. The number of rotatable bonds is 6. The van der Waals surface area contributed by atoms with Crippen molar-refractivity contribution >= 4 is 17.8 Å². The Bertz CT molecular complexity index is 1080. The predicted octanol–water partition coefficient (Wildman–Crippen LogP) is 3.25. The molecule has 8 heteroatoms. The lowest BCUT2D eigenvalue weighted by Crippen LogP contribution is -2.66.